The number of aromatic nitrogens is 4. The van der Waals surface area contributed by atoms with Gasteiger partial charge in [-0.15, -0.1) is 0 Å². The lowest BCUT2D eigenvalue weighted by Gasteiger charge is -2.16. The van der Waals surface area contributed by atoms with Crippen LogP contribution in [0.15, 0.2) is 12.4 Å². The molecule has 0 amide bonds. The van der Waals surface area contributed by atoms with E-state index in [1.165, 1.54) is 17.9 Å². The molecule has 2 aromatic heterocycles. The number of hydrogen-bond donors (Lipinski definition) is 3. The Balaban J connectivity index is 2.26. The molecule has 2 aromatic rings. The number of nitrogens with one attached hydrogen (secondary N) is 2. The van der Waals surface area contributed by atoms with Crippen LogP contribution in [0.3, 0.4) is 0 Å². The third-order valence-corrected chi connectivity index (χ3v) is 3.12. The molecule has 0 unspecified atom stereocenters. The molecule has 2 heterocycles. The molecule has 24 heavy (non-hydrogen) atoms. The molecular formula is C13H16ClF3N6O. The minimum atomic E-state index is -4.56. The van der Waals surface area contributed by atoms with E-state index in [2.05, 4.69) is 25.7 Å². The van der Waals surface area contributed by atoms with Gasteiger partial charge >= 0.3 is 6.18 Å². The first-order valence-electron chi connectivity index (χ1n) is 6.84. The molecule has 0 fully saturated rings. The highest BCUT2D eigenvalue weighted by molar-refractivity contribution is 6.32. The predicted octanol–water partition coefficient (Wildman–Crippen LogP) is 2.90. The SMILES string of the molecule is CNc1nc(Nc2cn(CC(C)(C)O)nc2Cl)ncc1C(F)(F)F. The highest BCUT2D eigenvalue weighted by atomic mass is 35.5. The molecule has 0 aliphatic rings. The van der Waals surface area contributed by atoms with Crippen LogP contribution in [0.5, 0.6) is 0 Å². The van der Waals surface area contributed by atoms with E-state index in [1.54, 1.807) is 13.8 Å². The number of alkyl halides is 3. The van der Waals surface area contributed by atoms with E-state index in [-0.39, 0.29) is 23.5 Å². The summed E-state index contributed by atoms with van der Waals surface area (Å²) in [5.41, 5.74) is -1.67. The monoisotopic (exact) mass is 364 g/mol. The normalized spacial score (nSPS) is 12.3. The molecule has 0 saturated carbocycles. The van der Waals surface area contributed by atoms with Crippen LogP contribution in [0.2, 0.25) is 5.15 Å². The van der Waals surface area contributed by atoms with Crippen LogP contribution in [-0.4, -0.2) is 37.5 Å². The molecule has 0 aliphatic carbocycles. The molecular weight excluding hydrogens is 349 g/mol. The van der Waals surface area contributed by atoms with Crippen molar-refractivity contribution in [2.75, 3.05) is 17.7 Å². The summed E-state index contributed by atoms with van der Waals surface area (Å²) in [4.78, 5) is 7.43. The van der Waals surface area contributed by atoms with E-state index in [4.69, 9.17) is 11.6 Å². The van der Waals surface area contributed by atoms with Crippen molar-refractivity contribution in [2.24, 2.45) is 0 Å². The number of aliphatic hydroxyl groups is 1. The standard InChI is InChI=1S/C13H16ClF3N6O/c1-12(2,24)6-23-5-8(9(14)22-23)20-11-19-4-7(13(15,16)17)10(18-3)21-11/h4-5,24H,6H2,1-3H3,(H2,18,19,20,21). The summed E-state index contributed by atoms with van der Waals surface area (Å²) < 4.78 is 39.9. The van der Waals surface area contributed by atoms with Crippen LogP contribution in [0.25, 0.3) is 0 Å². The third-order valence-electron chi connectivity index (χ3n) is 2.84. The van der Waals surface area contributed by atoms with Gasteiger partial charge in [0.05, 0.1) is 24.0 Å². The van der Waals surface area contributed by atoms with Gasteiger partial charge in [0.15, 0.2) is 5.15 Å². The van der Waals surface area contributed by atoms with Crippen molar-refractivity contribution in [1.82, 2.24) is 19.7 Å². The van der Waals surface area contributed by atoms with Crippen LogP contribution >= 0.6 is 11.6 Å². The third kappa shape index (κ3) is 4.48. The topological polar surface area (TPSA) is 87.9 Å². The van der Waals surface area contributed by atoms with E-state index in [1.807, 2.05) is 0 Å². The Labute approximate surface area is 140 Å². The van der Waals surface area contributed by atoms with Gasteiger partial charge in [0, 0.05) is 13.2 Å². The van der Waals surface area contributed by atoms with Crippen molar-refractivity contribution in [3.05, 3.63) is 23.1 Å². The average Bonchev–Trinajstić information content (AvgIpc) is 2.75. The van der Waals surface area contributed by atoms with Crippen molar-refractivity contribution in [2.45, 2.75) is 32.2 Å². The number of hydrogen-bond acceptors (Lipinski definition) is 6. The van der Waals surface area contributed by atoms with Crippen LogP contribution in [0, 0.1) is 0 Å². The Morgan fingerprint density at radius 3 is 2.54 bits per heavy atom. The van der Waals surface area contributed by atoms with Gasteiger partial charge in [-0.3, -0.25) is 4.68 Å². The Morgan fingerprint density at radius 2 is 2.00 bits per heavy atom. The minimum absolute atomic E-state index is 0.0722. The molecule has 0 saturated heterocycles. The van der Waals surface area contributed by atoms with E-state index in [9.17, 15) is 18.3 Å². The molecule has 2 rings (SSSR count). The predicted molar refractivity (Wildman–Crippen MR) is 83.4 cm³/mol. The summed E-state index contributed by atoms with van der Waals surface area (Å²) in [6, 6.07) is 0. The van der Waals surface area contributed by atoms with Crippen molar-refractivity contribution < 1.29 is 18.3 Å². The van der Waals surface area contributed by atoms with Crippen molar-refractivity contribution >= 4 is 29.1 Å². The fraction of sp³-hybridized carbons (Fsp3) is 0.462. The summed E-state index contributed by atoms with van der Waals surface area (Å²) in [5, 5.41) is 18.9. The first kappa shape index (κ1) is 18.3. The van der Waals surface area contributed by atoms with Gasteiger partial charge in [-0.05, 0) is 13.8 Å². The summed E-state index contributed by atoms with van der Waals surface area (Å²) in [7, 11) is 1.33. The van der Waals surface area contributed by atoms with Crippen molar-refractivity contribution in [1.29, 1.82) is 0 Å². The molecule has 0 radical (unpaired) electrons. The van der Waals surface area contributed by atoms with Gasteiger partial charge in [-0.25, -0.2) is 4.98 Å². The lowest BCUT2D eigenvalue weighted by atomic mass is 10.1. The summed E-state index contributed by atoms with van der Waals surface area (Å²) in [6.45, 7) is 3.39. The van der Waals surface area contributed by atoms with E-state index < -0.39 is 17.3 Å². The summed E-state index contributed by atoms with van der Waals surface area (Å²) in [5.74, 6) is -0.433. The second-order valence-electron chi connectivity index (χ2n) is 5.67. The van der Waals surface area contributed by atoms with Crippen LogP contribution in [0.1, 0.15) is 19.4 Å². The fourth-order valence-electron chi connectivity index (χ4n) is 1.92. The lowest BCUT2D eigenvalue weighted by Crippen LogP contribution is -2.26. The van der Waals surface area contributed by atoms with Gasteiger partial charge in [0.25, 0.3) is 0 Å². The van der Waals surface area contributed by atoms with Crippen molar-refractivity contribution in [3.8, 4) is 0 Å². The first-order valence-corrected chi connectivity index (χ1v) is 7.22. The maximum atomic E-state index is 12.8. The fourth-order valence-corrected chi connectivity index (χ4v) is 2.11. The van der Waals surface area contributed by atoms with E-state index >= 15 is 0 Å². The van der Waals surface area contributed by atoms with Gasteiger partial charge in [0.1, 0.15) is 11.4 Å². The van der Waals surface area contributed by atoms with Crippen molar-refractivity contribution in [3.63, 3.8) is 0 Å². The molecule has 132 valence electrons. The summed E-state index contributed by atoms with van der Waals surface area (Å²) in [6.07, 6.45) is -2.39. The smallest absolute Gasteiger partial charge is 0.389 e. The number of nitrogens with zero attached hydrogens (tertiary/aromatic N) is 4. The number of rotatable bonds is 5. The molecule has 7 nitrogen and oxygen atoms in total. The Kier molecular flexibility index (Phi) is 4.90. The Morgan fingerprint density at radius 1 is 1.33 bits per heavy atom. The second-order valence-corrected chi connectivity index (χ2v) is 6.03. The molecule has 11 heteroatoms. The van der Waals surface area contributed by atoms with Gasteiger partial charge in [0.2, 0.25) is 5.95 Å². The van der Waals surface area contributed by atoms with Crippen LogP contribution in [-0.2, 0) is 12.7 Å². The van der Waals surface area contributed by atoms with Gasteiger partial charge in [-0.1, -0.05) is 11.6 Å². The second kappa shape index (κ2) is 6.44. The van der Waals surface area contributed by atoms with Crippen LogP contribution in [0.4, 0.5) is 30.6 Å². The number of anilines is 3. The molecule has 0 aromatic carbocycles. The van der Waals surface area contributed by atoms with Gasteiger partial charge < -0.3 is 15.7 Å². The quantitative estimate of drug-likeness (QED) is 0.756. The highest BCUT2D eigenvalue weighted by Gasteiger charge is 2.35. The number of halogens is 4. The zero-order valence-corrected chi connectivity index (χ0v) is 13.9. The Hall–Kier alpha value is -2.07. The average molecular weight is 365 g/mol. The molecule has 3 N–H and O–H groups in total. The molecule has 0 atom stereocenters. The molecule has 0 spiro atoms. The Bertz CT molecular complexity index is 725. The molecule has 0 aliphatic heterocycles. The summed E-state index contributed by atoms with van der Waals surface area (Å²) >= 11 is 5.97. The van der Waals surface area contributed by atoms with Crippen LogP contribution < -0.4 is 10.6 Å². The van der Waals surface area contributed by atoms with Gasteiger partial charge in [-0.2, -0.15) is 23.3 Å². The van der Waals surface area contributed by atoms with E-state index in [0.717, 1.165) is 0 Å². The molecule has 0 bridgehead atoms. The maximum absolute atomic E-state index is 12.8. The minimum Gasteiger partial charge on any atom is -0.389 e. The largest absolute Gasteiger partial charge is 0.421 e. The first-order chi connectivity index (χ1) is 11.0. The lowest BCUT2D eigenvalue weighted by molar-refractivity contribution is -0.137. The highest BCUT2D eigenvalue weighted by Crippen LogP contribution is 2.34. The van der Waals surface area contributed by atoms with E-state index in [0.29, 0.717) is 11.9 Å². The maximum Gasteiger partial charge on any atom is 0.421 e. The zero-order chi connectivity index (χ0) is 18.1. The zero-order valence-electron chi connectivity index (χ0n) is 13.1.